The van der Waals surface area contributed by atoms with Gasteiger partial charge in [0.2, 0.25) is 5.56 Å². The molecular formula is C14H16N4O2. The third-order valence-corrected chi connectivity index (χ3v) is 3.64. The van der Waals surface area contributed by atoms with Crippen molar-refractivity contribution in [3.8, 4) is 0 Å². The Balaban J connectivity index is 1.90. The van der Waals surface area contributed by atoms with Crippen LogP contribution in [0, 0.1) is 0 Å². The fourth-order valence-electron chi connectivity index (χ4n) is 2.68. The van der Waals surface area contributed by atoms with Crippen molar-refractivity contribution in [1.29, 1.82) is 0 Å². The summed E-state index contributed by atoms with van der Waals surface area (Å²) in [6, 6.07) is 6.54. The summed E-state index contributed by atoms with van der Waals surface area (Å²) in [5.74, 6) is -0.137. The molecule has 1 aliphatic rings. The normalized spacial score (nSPS) is 19.0. The van der Waals surface area contributed by atoms with Crippen LogP contribution in [0.25, 0.3) is 0 Å². The highest BCUT2D eigenvalue weighted by atomic mass is 16.2. The van der Waals surface area contributed by atoms with E-state index in [1.807, 2.05) is 11.0 Å². The second kappa shape index (κ2) is 5.32. The number of hydrogen-bond donors (Lipinski definition) is 2. The second-order valence-corrected chi connectivity index (χ2v) is 4.95. The maximum absolute atomic E-state index is 12.6. The summed E-state index contributed by atoms with van der Waals surface area (Å²) >= 11 is 0. The maximum atomic E-state index is 12.6. The van der Waals surface area contributed by atoms with Crippen LogP contribution >= 0.6 is 0 Å². The Morgan fingerprint density at radius 1 is 1.30 bits per heavy atom. The number of H-pyrrole nitrogens is 2. The predicted octanol–water partition coefficient (Wildman–Crippen LogP) is 1.47. The first-order valence-electron chi connectivity index (χ1n) is 6.75. The summed E-state index contributed by atoms with van der Waals surface area (Å²) in [6.07, 6.45) is 4.66. The molecule has 3 rings (SSSR count). The summed E-state index contributed by atoms with van der Waals surface area (Å²) in [4.78, 5) is 28.3. The highest BCUT2D eigenvalue weighted by Crippen LogP contribution is 2.30. The molecule has 0 spiro atoms. The molecule has 1 atom stereocenters. The molecule has 1 saturated heterocycles. The third-order valence-electron chi connectivity index (χ3n) is 3.64. The van der Waals surface area contributed by atoms with Crippen LogP contribution in [0.1, 0.15) is 41.5 Å². The lowest BCUT2D eigenvalue weighted by Gasteiger charge is -2.34. The van der Waals surface area contributed by atoms with Gasteiger partial charge in [0.25, 0.3) is 5.91 Å². The summed E-state index contributed by atoms with van der Waals surface area (Å²) in [6.45, 7) is 0.694. The Bertz CT molecular complexity index is 647. The van der Waals surface area contributed by atoms with E-state index in [1.54, 1.807) is 18.3 Å². The Kier molecular flexibility index (Phi) is 3.37. The summed E-state index contributed by atoms with van der Waals surface area (Å²) < 4.78 is 0. The smallest absolute Gasteiger partial charge is 0.270 e. The molecule has 104 valence electrons. The molecule has 0 saturated carbocycles. The van der Waals surface area contributed by atoms with Gasteiger partial charge in [0, 0.05) is 18.8 Å². The highest BCUT2D eigenvalue weighted by molar-refractivity contribution is 5.92. The van der Waals surface area contributed by atoms with Gasteiger partial charge in [-0.25, -0.2) is 0 Å². The van der Waals surface area contributed by atoms with E-state index < -0.39 is 0 Å². The van der Waals surface area contributed by atoms with E-state index in [-0.39, 0.29) is 17.5 Å². The molecular weight excluding hydrogens is 256 g/mol. The van der Waals surface area contributed by atoms with Crippen LogP contribution in [0.15, 0.2) is 35.3 Å². The minimum Gasteiger partial charge on any atom is -0.329 e. The molecule has 6 nitrogen and oxygen atoms in total. The van der Waals surface area contributed by atoms with Gasteiger partial charge in [0.1, 0.15) is 5.69 Å². The van der Waals surface area contributed by atoms with Crippen LogP contribution in [-0.4, -0.2) is 32.5 Å². The molecule has 0 aromatic carbocycles. The molecule has 3 heterocycles. The van der Waals surface area contributed by atoms with Crippen molar-refractivity contribution in [2.45, 2.75) is 25.3 Å². The molecule has 0 unspecified atom stereocenters. The molecule has 0 radical (unpaired) electrons. The Morgan fingerprint density at radius 3 is 2.95 bits per heavy atom. The van der Waals surface area contributed by atoms with Crippen molar-refractivity contribution >= 4 is 5.91 Å². The van der Waals surface area contributed by atoms with Crippen LogP contribution in [0.4, 0.5) is 0 Å². The van der Waals surface area contributed by atoms with Crippen molar-refractivity contribution in [1.82, 2.24) is 20.1 Å². The molecule has 1 amide bonds. The number of piperidine rings is 1. The number of nitrogens with one attached hydrogen (secondary N) is 2. The number of amides is 1. The van der Waals surface area contributed by atoms with Crippen LogP contribution in [-0.2, 0) is 0 Å². The van der Waals surface area contributed by atoms with E-state index in [9.17, 15) is 9.59 Å². The van der Waals surface area contributed by atoms with Gasteiger partial charge in [-0.1, -0.05) is 6.07 Å². The average molecular weight is 272 g/mol. The molecule has 0 aliphatic carbocycles. The zero-order chi connectivity index (χ0) is 13.9. The molecule has 6 heteroatoms. The zero-order valence-corrected chi connectivity index (χ0v) is 11.0. The predicted molar refractivity (Wildman–Crippen MR) is 73.3 cm³/mol. The first-order valence-corrected chi connectivity index (χ1v) is 6.75. The lowest BCUT2D eigenvalue weighted by molar-refractivity contribution is 0.0599. The van der Waals surface area contributed by atoms with Gasteiger partial charge in [-0.2, -0.15) is 5.10 Å². The van der Waals surface area contributed by atoms with Crippen LogP contribution in [0.3, 0.4) is 0 Å². The molecule has 0 bridgehead atoms. The van der Waals surface area contributed by atoms with Gasteiger partial charge in [0.05, 0.1) is 11.7 Å². The maximum Gasteiger partial charge on any atom is 0.270 e. The number of carbonyl (C=O) groups is 1. The largest absolute Gasteiger partial charge is 0.329 e. The van der Waals surface area contributed by atoms with Crippen molar-refractivity contribution in [2.75, 3.05) is 6.54 Å². The second-order valence-electron chi connectivity index (χ2n) is 4.95. The fraction of sp³-hybridized carbons (Fsp3) is 0.357. The third kappa shape index (κ3) is 2.36. The van der Waals surface area contributed by atoms with Crippen LogP contribution in [0.2, 0.25) is 0 Å². The minimum atomic E-state index is -0.258. The Labute approximate surface area is 115 Å². The fourth-order valence-corrected chi connectivity index (χ4v) is 2.68. The highest BCUT2D eigenvalue weighted by Gasteiger charge is 2.29. The summed E-state index contributed by atoms with van der Waals surface area (Å²) in [7, 11) is 0. The summed E-state index contributed by atoms with van der Waals surface area (Å²) in [5, 5.41) is 6.90. The molecule has 2 N–H and O–H groups in total. The number of aromatic nitrogens is 3. The van der Waals surface area contributed by atoms with Gasteiger partial charge < -0.3 is 9.88 Å². The van der Waals surface area contributed by atoms with Crippen molar-refractivity contribution in [3.05, 3.63) is 52.2 Å². The monoisotopic (exact) mass is 272 g/mol. The summed E-state index contributed by atoms with van der Waals surface area (Å²) in [5.41, 5.74) is 1.02. The lowest BCUT2D eigenvalue weighted by Crippen LogP contribution is -2.39. The van der Waals surface area contributed by atoms with Crippen molar-refractivity contribution < 1.29 is 4.79 Å². The average Bonchev–Trinajstić information content (AvgIpc) is 3.00. The van der Waals surface area contributed by atoms with Crippen LogP contribution in [0.5, 0.6) is 0 Å². The van der Waals surface area contributed by atoms with E-state index in [2.05, 4.69) is 15.2 Å². The number of rotatable bonds is 2. The van der Waals surface area contributed by atoms with E-state index in [0.717, 1.165) is 25.0 Å². The molecule has 2 aromatic heterocycles. The minimum absolute atomic E-state index is 0.00228. The first kappa shape index (κ1) is 12.7. The van der Waals surface area contributed by atoms with E-state index in [0.29, 0.717) is 12.2 Å². The van der Waals surface area contributed by atoms with Gasteiger partial charge >= 0.3 is 0 Å². The number of likely N-dealkylation sites (tertiary alicyclic amines) is 1. The quantitative estimate of drug-likeness (QED) is 0.868. The number of carbonyl (C=O) groups excluding carboxylic acids is 1. The molecule has 2 aromatic rings. The van der Waals surface area contributed by atoms with Gasteiger partial charge in [-0.05, 0) is 31.4 Å². The molecule has 1 fully saturated rings. The van der Waals surface area contributed by atoms with Gasteiger partial charge in [0.15, 0.2) is 0 Å². The number of hydrogen-bond acceptors (Lipinski definition) is 3. The lowest BCUT2D eigenvalue weighted by atomic mass is 9.99. The number of pyridine rings is 1. The zero-order valence-electron chi connectivity index (χ0n) is 11.0. The Hall–Kier alpha value is -2.37. The van der Waals surface area contributed by atoms with E-state index in [1.165, 1.54) is 6.07 Å². The van der Waals surface area contributed by atoms with E-state index >= 15 is 0 Å². The number of nitrogens with zero attached hydrogens (tertiary/aromatic N) is 2. The van der Waals surface area contributed by atoms with Gasteiger partial charge in [-0.15, -0.1) is 0 Å². The van der Waals surface area contributed by atoms with Crippen molar-refractivity contribution in [2.24, 2.45) is 0 Å². The Morgan fingerprint density at radius 2 is 2.20 bits per heavy atom. The van der Waals surface area contributed by atoms with Crippen LogP contribution < -0.4 is 5.56 Å². The van der Waals surface area contributed by atoms with Crippen molar-refractivity contribution in [3.63, 3.8) is 0 Å². The number of aromatic amines is 2. The first-order chi connectivity index (χ1) is 9.75. The molecule has 20 heavy (non-hydrogen) atoms. The standard InChI is InChI=1S/C14H16N4O2/c19-13-6-3-4-11(16-13)14(20)18-9-2-1-5-12(18)10-7-8-15-17-10/h3-4,6-8,12H,1-2,5,9H2,(H,15,17)(H,16,19)/t12-/m0/s1. The molecule has 1 aliphatic heterocycles. The topological polar surface area (TPSA) is 81.8 Å². The van der Waals surface area contributed by atoms with E-state index in [4.69, 9.17) is 0 Å². The SMILES string of the molecule is O=C(c1cccc(=O)[nH]1)N1CCCC[C@H]1c1ccn[nH]1. The van der Waals surface area contributed by atoms with Gasteiger partial charge in [-0.3, -0.25) is 14.7 Å².